The molecule has 1 N–H and O–H groups in total. The first-order valence-corrected chi connectivity index (χ1v) is 9.96. The van der Waals surface area contributed by atoms with Gasteiger partial charge in [-0.15, -0.1) is 11.3 Å². The number of benzene rings is 2. The zero-order valence-electron chi connectivity index (χ0n) is 14.2. The average Bonchev–Trinajstić information content (AvgIpc) is 3.03. The third kappa shape index (κ3) is 4.74. The van der Waals surface area contributed by atoms with Crippen molar-refractivity contribution < 1.29 is 9.53 Å². The number of nitrogens with one attached hydrogen (secondary N) is 1. The van der Waals surface area contributed by atoms with E-state index in [1.165, 1.54) is 11.8 Å². The van der Waals surface area contributed by atoms with E-state index >= 15 is 0 Å². The lowest BCUT2D eigenvalue weighted by molar-refractivity contribution is -0.119. The maximum atomic E-state index is 12.2. The van der Waals surface area contributed by atoms with Gasteiger partial charge in [0.1, 0.15) is 5.75 Å². The largest absolute Gasteiger partial charge is 0.494 e. The van der Waals surface area contributed by atoms with Crippen molar-refractivity contribution in [3.8, 4) is 5.75 Å². The van der Waals surface area contributed by atoms with Crippen molar-refractivity contribution in [1.29, 1.82) is 0 Å². The fourth-order valence-corrected chi connectivity index (χ4v) is 4.35. The number of carbonyl (C=O) groups is 1. The van der Waals surface area contributed by atoms with E-state index in [2.05, 4.69) is 10.3 Å². The molecule has 0 saturated heterocycles. The minimum absolute atomic E-state index is 0.00146. The molecule has 0 fully saturated rings. The van der Waals surface area contributed by atoms with Crippen LogP contribution in [0.2, 0.25) is 0 Å². The lowest BCUT2D eigenvalue weighted by Gasteiger charge is -2.13. The van der Waals surface area contributed by atoms with E-state index in [1.54, 1.807) is 11.3 Å². The van der Waals surface area contributed by atoms with Gasteiger partial charge in [0, 0.05) is 0 Å². The van der Waals surface area contributed by atoms with Gasteiger partial charge in [0.2, 0.25) is 5.91 Å². The first-order chi connectivity index (χ1) is 12.2. The zero-order valence-corrected chi connectivity index (χ0v) is 15.8. The molecular formula is C19H20N2O2S2. The second-order valence-electron chi connectivity index (χ2n) is 5.53. The van der Waals surface area contributed by atoms with Gasteiger partial charge in [-0.1, -0.05) is 42.1 Å². The molecule has 3 rings (SSSR count). The van der Waals surface area contributed by atoms with Crippen LogP contribution in [-0.4, -0.2) is 23.3 Å². The van der Waals surface area contributed by atoms with Crippen LogP contribution < -0.4 is 10.1 Å². The molecule has 25 heavy (non-hydrogen) atoms. The number of aromatic nitrogens is 1. The van der Waals surface area contributed by atoms with Crippen molar-refractivity contribution in [2.45, 2.75) is 24.2 Å². The minimum atomic E-state index is -0.00146. The molecule has 6 heteroatoms. The first kappa shape index (κ1) is 17.8. The highest BCUT2D eigenvalue weighted by molar-refractivity contribution is 8.01. The molecule has 0 radical (unpaired) electrons. The van der Waals surface area contributed by atoms with Gasteiger partial charge in [-0.3, -0.25) is 4.79 Å². The molecule has 1 amide bonds. The molecule has 0 aliphatic carbocycles. The number of hydrogen-bond donors (Lipinski definition) is 1. The van der Waals surface area contributed by atoms with Crippen LogP contribution in [0.15, 0.2) is 52.9 Å². The molecule has 130 valence electrons. The van der Waals surface area contributed by atoms with Crippen molar-refractivity contribution in [1.82, 2.24) is 10.3 Å². The van der Waals surface area contributed by atoms with E-state index in [1.807, 2.05) is 62.4 Å². The third-order valence-electron chi connectivity index (χ3n) is 3.66. The second-order valence-corrected chi connectivity index (χ2v) is 7.78. The Kier molecular flexibility index (Phi) is 5.94. The van der Waals surface area contributed by atoms with Crippen LogP contribution in [0.3, 0.4) is 0 Å². The second kappa shape index (κ2) is 8.36. The molecule has 0 saturated carbocycles. The summed E-state index contributed by atoms with van der Waals surface area (Å²) in [6, 6.07) is 15.8. The number of fused-ring (bicyclic) bond motifs is 1. The van der Waals surface area contributed by atoms with Gasteiger partial charge in [0.15, 0.2) is 4.34 Å². The number of carbonyl (C=O) groups excluding carboxylic acids is 1. The van der Waals surface area contributed by atoms with Gasteiger partial charge < -0.3 is 10.1 Å². The number of ether oxygens (including phenoxy) is 1. The number of hydrogen-bond acceptors (Lipinski definition) is 5. The molecule has 4 nitrogen and oxygen atoms in total. The molecule has 2 aromatic carbocycles. The van der Waals surface area contributed by atoms with Gasteiger partial charge in [0.05, 0.1) is 28.6 Å². The fourth-order valence-electron chi connectivity index (χ4n) is 2.44. The monoisotopic (exact) mass is 372 g/mol. The summed E-state index contributed by atoms with van der Waals surface area (Å²) in [7, 11) is 0. The van der Waals surface area contributed by atoms with E-state index in [-0.39, 0.29) is 11.9 Å². The summed E-state index contributed by atoms with van der Waals surface area (Å²) >= 11 is 3.05. The normalized spacial score (nSPS) is 12.1. The summed E-state index contributed by atoms with van der Waals surface area (Å²) < 4.78 is 7.49. The first-order valence-electron chi connectivity index (χ1n) is 8.16. The molecular weight excluding hydrogens is 352 g/mol. The Labute approximate surface area is 155 Å². The van der Waals surface area contributed by atoms with Crippen LogP contribution in [0.1, 0.15) is 25.5 Å². The number of thiazole rings is 1. The van der Waals surface area contributed by atoms with Crippen LogP contribution in [0.5, 0.6) is 5.75 Å². The molecule has 1 aromatic heterocycles. The summed E-state index contributed by atoms with van der Waals surface area (Å²) in [5.74, 6) is 1.22. The summed E-state index contributed by atoms with van der Waals surface area (Å²) in [6.45, 7) is 4.60. The average molecular weight is 373 g/mol. The van der Waals surface area contributed by atoms with Gasteiger partial charge >= 0.3 is 0 Å². The lowest BCUT2D eigenvalue weighted by atomic mass is 10.1. The number of nitrogens with zero attached hydrogens (tertiary/aromatic N) is 1. The Hall–Kier alpha value is -2.05. The van der Waals surface area contributed by atoms with Crippen molar-refractivity contribution in [2.75, 3.05) is 12.4 Å². The van der Waals surface area contributed by atoms with Crippen molar-refractivity contribution in [2.24, 2.45) is 0 Å². The maximum absolute atomic E-state index is 12.2. The predicted molar refractivity (Wildman–Crippen MR) is 105 cm³/mol. The standard InChI is InChI=1S/C19H20N2O2S2/c1-3-23-15-9-10-16-17(11-15)25-19(21-16)24-12-18(22)20-13(2)14-7-5-4-6-8-14/h4-11,13H,3,12H2,1-2H3,(H,20,22)/t13-/m1/s1. The summed E-state index contributed by atoms with van der Waals surface area (Å²) in [5, 5.41) is 3.02. The number of rotatable bonds is 7. The molecule has 1 heterocycles. The van der Waals surface area contributed by atoms with Crippen LogP contribution >= 0.6 is 23.1 Å². The SMILES string of the molecule is CCOc1ccc2nc(SCC(=O)N[C@H](C)c3ccccc3)sc2c1. The van der Waals surface area contributed by atoms with E-state index in [9.17, 15) is 4.79 Å². The topological polar surface area (TPSA) is 51.2 Å². The van der Waals surface area contributed by atoms with Crippen LogP contribution in [0.25, 0.3) is 10.2 Å². The van der Waals surface area contributed by atoms with Crippen molar-refractivity contribution in [3.63, 3.8) is 0 Å². The Morgan fingerprint density at radius 3 is 2.84 bits per heavy atom. The third-order valence-corrected chi connectivity index (χ3v) is 5.82. The molecule has 3 aromatic rings. The molecule has 0 aliphatic rings. The Morgan fingerprint density at radius 2 is 2.08 bits per heavy atom. The Bertz CT molecular complexity index is 849. The molecule has 0 bridgehead atoms. The van der Waals surface area contributed by atoms with E-state index < -0.39 is 0 Å². The van der Waals surface area contributed by atoms with Crippen LogP contribution in [-0.2, 0) is 4.79 Å². The maximum Gasteiger partial charge on any atom is 0.230 e. The molecule has 0 spiro atoms. The fraction of sp³-hybridized carbons (Fsp3) is 0.263. The smallest absolute Gasteiger partial charge is 0.230 e. The van der Waals surface area contributed by atoms with Crippen LogP contribution in [0, 0.1) is 0 Å². The Balaban J connectivity index is 1.57. The molecule has 0 aliphatic heterocycles. The van der Waals surface area contributed by atoms with Crippen molar-refractivity contribution in [3.05, 3.63) is 54.1 Å². The number of amides is 1. The van der Waals surface area contributed by atoms with E-state index in [4.69, 9.17) is 4.74 Å². The van der Waals surface area contributed by atoms with Gasteiger partial charge in [-0.05, 0) is 37.6 Å². The highest BCUT2D eigenvalue weighted by atomic mass is 32.2. The lowest BCUT2D eigenvalue weighted by Crippen LogP contribution is -2.28. The predicted octanol–water partition coefficient (Wildman–Crippen LogP) is 4.66. The summed E-state index contributed by atoms with van der Waals surface area (Å²) in [4.78, 5) is 16.7. The van der Waals surface area contributed by atoms with Gasteiger partial charge in [-0.2, -0.15) is 0 Å². The minimum Gasteiger partial charge on any atom is -0.494 e. The van der Waals surface area contributed by atoms with Gasteiger partial charge in [-0.25, -0.2) is 4.98 Å². The van der Waals surface area contributed by atoms with Crippen molar-refractivity contribution >= 4 is 39.2 Å². The Morgan fingerprint density at radius 1 is 1.28 bits per heavy atom. The highest BCUT2D eigenvalue weighted by Crippen LogP contribution is 2.31. The highest BCUT2D eigenvalue weighted by Gasteiger charge is 2.12. The van der Waals surface area contributed by atoms with Crippen LogP contribution in [0.4, 0.5) is 0 Å². The van der Waals surface area contributed by atoms with E-state index in [0.29, 0.717) is 12.4 Å². The van der Waals surface area contributed by atoms with E-state index in [0.717, 1.165) is 25.9 Å². The molecule has 1 atom stereocenters. The van der Waals surface area contributed by atoms with Gasteiger partial charge in [0.25, 0.3) is 0 Å². The zero-order chi connectivity index (χ0) is 17.6. The summed E-state index contributed by atoms with van der Waals surface area (Å²) in [5.41, 5.74) is 2.04. The summed E-state index contributed by atoms with van der Waals surface area (Å²) in [6.07, 6.45) is 0. The number of thioether (sulfide) groups is 1. The quantitative estimate of drug-likeness (QED) is 0.613. The molecule has 0 unspecified atom stereocenters.